The fourth-order valence-corrected chi connectivity index (χ4v) is 2.30. The quantitative estimate of drug-likeness (QED) is 0.759. The van der Waals surface area contributed by atoms with E-state index in [0.717, 1.165) is 0 Å². The van der Waals surface area contributed by atoms with Crippen LogP contribution >= 0.6 is 0 Å². The monoisotopic (exact) mass is 339 g/mol. The molecule has 0 unspecified atom stereocenters. The van der Waals surface area contributed by atoms with Crippen LogP contribution in [0.4, 0.5) is 10.1 Å². The first-order valence-electron chi connectivity index (χ1n) is 7.35. The van der Waals surface area contributed by atoms with Crippen LogP contribution in [0.2, 0.25) is 0 Å². The van der Waals surface area contributed by atoms with Gasteiger partial charge in [0.05, 0.1) is 16.9 Å². The molecule has 0 atom stereocenters. The van der Waals surface area contributed by atoms with E-state index in [-0.39, 0.29) is 22.9 Å². The number of rotatable bonds is 4. The molecule has 0 fully saturated rings. The molecular formula is C17H14FN5O2. The minimum absolute atomic E-state index is 0.0823. The van der Waals surface area contributed by atoms with E-state index in [1.54, 1.807) is 25.1 Å². The lowest BCUT2D eigenvalue weighted by molar-refractivity contribution is 0.100. The number of aromatic nitrogens is 3. The van der Waals surface area contributed by atoms with Crippen LogP contribution in [0, 0.1) is 12.7 Å². The molecule has 0 aliphatic carbocycles. The lowest BCUT2D eigenvalue weighted by atomic mass is 10.1. The molecular weight excluding hydrogens is 325 g/mol. The maximum atomic E-state index is 13.0. The van der Waals surface area contributed by atoms with Crippen LogP contribution in [0.3, 0.4) is 0 Å². The summed E-state index contributed by atoms with van der Waals surface area (Å²) in [4.78, 5) is 27.9. The third-order valence-electron chi connectivity index (χ3n) is 3.48. The molecule has 7 nitrogen and oxygen atoms in total. The standard InChI is InChI=1S/C17H14FN5O2/c1-10-20-16(22-23(10)12-8-6-11(18)7-9-12)17(25)21-14-5-3-2-4-13(14)15(19)24/h2-9H,1H3,(H2,19,24)(H,21,25). The highest BCUT2D eigenvalue weighted by Gasteiger charge is 2.17. The highest BCUT2D eigenvalue weighted by molar-refractivity contribution is 6.07. The maximum absolute atomic E-state index is 13.0. The molecule has 0 aliphatic heterocycles. The Morgan fingerprint density at radius 2 is 1.80 bits per heavy atom. The summed E-state index contributed by atoms with van der Waals surface area (Å²) in [5, 5.41) is 6.71. The van der Waals surface area contributed by atoms with Crippen molar-refractivity contribution in [2.45, 2.75) is 6.92 Å². The van der Waals surface area contributed by atoms with Crippen molar-refractivity contribution >= 4 is 17.5 Å². The molecule has 0 spiro atoms. The van der Waals surface area contributed by atoms with E-state index < -0.39 is 11.8 Å². The molecule has 1 aromatic heterocycles. The van der Waals surface area contributed by atoms with Crippen LogP contribution in [-0.4, -0.2) is 26.6 Å². The molecule has 8 heteroatoms. The summed E-state index contributed by atoms with van der Waals surface area (Å²) in [6, 6.07) is 12.0. The van der Waals surface area contributed by atoms with Crippen molar-refractivity contribution in [1.82, 2.24) is 14.8 Å². The number of amides is 2. The Labute approximate surface area is 142 Å². The topological polar surface area (TPSA) is 103 Å². The van der Waals surface area contributed by atoms with Gasteiger partial charge in [-0.1, -0.05) is 12.1 Å². The predicted molar refractivity (Wildman–Crippen MR) is 89.0 cm³/mol. The molecule has 3 aromatic rings. The van der Waals surface area contributed by atoms with Gasteiger partial charge in [-0.3, -0.25) is 9.59 Å². The lowest BCUT2D eigenvalue weighted by Crippen LogP contribution is -2.19. The van der Waals surface area contributed by atoms with Crippen LogP contribution < -0.4 is 11.1 Å². The normalized spacial score (nSPS) is 10.5. The number of anilines is 1. The van der Waals surface area contributed by atoms with Crippen LogP contribution in [0.15, 0.2) is 48.5 Å². The minimum atomic E-state index is -0.656. The van der Waals surface area contributed by atoms with E-state index in [2.05, 4.69) is 15.4 Å². The number of nitrogens with two attached hydrogens (primary N) is 1. The molecule has 2 amide bonds. The number of nitrogens with zero attached hydrogens (tertiary/aromatic N) is 3. The van der Waals surface area contributed by atoms with Crippen molar-refractivity contribution in [3.8, 4) is 5.69 Å². The highest BCUT2D eigenvalue weighted by atomic mass is 19.1. The molecule has 3 rings (SSSR count). The highest BCUT2D eigenvalue weighted by Crippen LogP contribution is 2.16. The van der Waals surface area contributed by atoms with Crippen molar-refractivity contribution in [3.63, 3.8) is 0 Å². The number of benzene rings is 2. The molecule has 0 aliphatic rings. The van der Waals surface area contributed by atoms with Crippen LogP contribution in [-0.2, 0) is 0 Å². The van der Waals surface area contributed by atoms with E-state index >= 15 is 0 Å². The average molecular weight is 339 g/mol. The molecule has 2 aromatic carbocycles. The molecule has 1 heterocycles. The molecule has 3 N–H and O–H groups in total. The van der Waals surface area contributed by atoms with Crippen LogP contribution in [0.1, 0.15) is 26.8 Å². The fraction of sp³-hybridized carbons (Fsp3) is 0.0588. The van der Waals surface area contributed by atoms with Crippen molar-refractivity contribution in [1.29, 1.82) is 0 Å². The number of hydrogen-bond donors (Lipinski definition) is 2. The van der Waals surface area contributed by atoms with Gasteiger partial charge in [0.25, 0.3) is 11.8 Å². The molecule has 0 saturated heterocycles. The number of hydrogen-bond acceptors (Lipinski definition) is 4. The first-order valence-corrected chi connectivity index (χ1v) is 7.35. The Morgan fingerprint density at radius 1 is 1.12 bits per heavy atom. The van der Waals surface area contributed by atoms with Gasteiger partial charge < -0.3 is 11.1 Å². The smallest absolute Gasteiger partial charge is 0.295 e. The summed E-state index contributed by atoms with van der Waals surface area (Å²) in [6.45, 7) is 1.67. The van der Waals surface area contributed by atoms with Crippen molar-refractivity contribution in [2.75, 3.05) is 5.32 Å². The summed E-state index contributed by atoms with van der Waals surface area (Å²) in [5.74, 6) is -1.24. The molecule has 0 bridgehead atoms. The van der Waals surface area contributed by atoms with Gasteiger partial charge in [0, 0.05) is 0 Å². The number of para-hydroxylation sites is 1. The largest absolute Gasteiger partial charge is 0.366 e. The first-order chi connectivity index (χ1) is 12.0. The number of primary amides is 1. The van der Waals surface area contributed by atoms with E-state index in [0.29, 0.717) is 11.5 Å². The first kappa shape index (κ1) is 16.3. The van der Waals surface area contributed by atoms with Gasteiger partial charge in [0.1, 0.15) is 11.6 Å². The third-order valence-corrected chi connectivity index (χ3v) is 3.48. The molecule has 0 saturated carbocycles. The average Bonchev–Trinajstić information content (AvgIpc) is 2.98. The SMILES string of the molecule is Cc1nc(C(=O)Nc2ccccc2C(N)=O)nn1-c1ccc(F)cc1. The Hall–Kier alpha value is -3.55. The second-order valence-electron chi connectivity index (χ2n) is 5.23. The van der Waals surface area contributed by atoms with Gasteiger partial charge in [-0.05, 0) is 43.3 Å². The Morgan fingerprint density at radius 3 is 2.48 bits per heavy atom. The van der Waals surface area contributed by atoms with E-state index in [9.17, 15) is 14.0 Å². The van der Waals surface area contributed by atoms with Crippen molar-refractivity contribution < 1.29 is 14.0 Å². The van der Waals surface area contributed by atoms with Crippen LogP contribution in [0.25, 0.3) is 5.69 Å². The summed E-state index contributed by atoms with van der Waals surface area (Å²) < 4.78 is 14.5. The minimum Gasteiger partial charge on any atom is -0.366 e. The zero-order chi connectivity index (χ0) is 18.0. The number of nitrogens with one attached hydrogen (secondary N) is 1. The van der Waals surface area contributed by atoms with E-state index in [1.807, 2.05) is 0 Å². The molecule has 25 heavy (non-hydrogen) atoms. The van der Waals surface area contributed by atoms with E-state index in [4.69, 9.17) is 5.73 Å². The van der Waals surface area contributed by atoms with Gasteiger partial charge in [-0.15, -0.1) is 5.10 Å². The fourth-order valence-electron chi connectivity index (χ4n) is 2.30. The number of halogens is 1. The summed E-state index contributed by atoms with van der Waals surface area (Å²) in [6.07, 6.45) is 0. The van der Waals surface area contributed by atoms with E-state index in [1.165, 1.54) is 35.0 Å². The number of aryl methyl sites for hydroxylation is 1. The Balaban J connectivity index is 1.88. The summed E-state index contributed by atoms with van der Waals surface area (Å²) >= 11 is 0. The predicted octanol–water partition coefficient (Wildman–Crippen LogP) is 2.07. The molecule has 0 radical (unpaired) electrons. The Kier molecular flexibility index (Phi) is 4.25. The van der Waals surface area contributed by atoms with Gasteiger partial charge >= 0.3 is 0 Å². The van der Waals surface area contributed by atoms with Crippen LogP contribution in [0.5, 0.6) is 0 Å². The zero-order valence-corrected chi connectivity index (χ0v) is 13.2. The van der Waals surface area contributed by atoms with Gasteiger partial charge in [0.15, 0.2) is 0 Å². The van der Waals surface area contributed by atoms with Crippen molar-refractivity contribution in [3.05, 3.63) is 71.6 Å². The number of carbonyl (C=O) groups is 2. The summed E-state index contributed by atoms with van der Waals surface area (Å²) in [7, 11) is 0. The van der Waals surface area contributed by atoms with Gasteiger partial charge in [-0.25, -0.2) is 14.1 Å². The number of carbonyl (C=O) groups excluding carboxylic acids is 2. The zero-order valence-electron chi connectivity index (χ0n) is 13.2. The summed E-state index contributed by atoms with van der Waals surface area (Å²) in [5.41, 5.74) is 6.32. The van der Waals surface area contributed by atoms with Crippen molar-refractivity contribution in [2.24, 2.45) is 5.73 Å². The maximum Gasteiger partial charge on any atom is 0.295 e. The molecule has 126 valence electrons. The van der Waals surface area contributed by atoms with Gasteiger partial charge in [0.2, 0.25) is 5.82 Å². The van der Waals surface area contributed by atoms with Gasteiger partial charge in [-0.2, -0.15) is 0 Å². The lowest BCUT2D eigenvalue weighted by Gasteiger charge is -2.06. The second kappa shape index (κ2) is 6.52. The second-order valence-corrected chi connectivity index (χ2v) is 5.23. The third kappa shape index (κ3) is 3.37. The Bertz CT molecular complexity index is 950.